The molecule has 53 heavy (non-hydrogen) atoms. The highest BCUT2D eigenvalue weighted by molar-refractivity contribution is 6.40. The van der Waals surface area contributed by atoms with Crippen LogP contribution >= 0.6 is 0 Å². The maximum absolute atomic E-state index is 13.1. The van der Waals surface area contributed by atoms with E-state index in [-0.39, 0.29) is 61.2 Å². The average Bonchev–Trinajstić information content (AvgIpc) is 4.06. The Balaban J connectivity index is 1.04. The molecule has 4 fully saturated rings. The van der Waals surface area contributed by atoms with Crippen LogP contribution in [0.25, 0.3) is 0 Å². The van der Waals surface area contributed by atoms with Crippen LogP contribution < -0.4 is 32.5 Å². The summed E-state index contributed by atoms with van der Waals surface area (Å²) in [5, 5.41) is 8.35. The molecule has 5 rings (SSSR count). The first-order valence-electron chi connectivity index (χ1n) is 18.7. The molecule has 15 heteroatoms. The van der Waals surface area contributed by atoms with Crippen LogP contribution in [0.5, 0.6) is 0 Å². The van der Waals surface area contributed by atoms with Crippen LogP contribution in [-0.2, 0) is 44.5 Å². The number of hydrogen-bond donors (Lipinski definition) is 6. The predicted molar refractivity (Wildman–Crippen MR) is 194 cm³/mol. The number of carbonyl (C=O) groups is 5. The van der Waals surface area contributed by atoms with Crippen molar-refractivity contribution in [3.05, 3.63) is 47.5 Å². The molecule has 1 spiro atoms. The molecule has 4 unspecified atom stereocenters. The van der Waals surface area contributed by atoms with E-state index in [1.54, 1.807) is 7.11 Å². The SMILES string of the molecule is COC1C(OC(=O)NC2CCC(NC(=O)CNN[C@@H](Cc3ccccc3)C(=O)C(=O)CNC(=O)CN)CC2)CC[C@]2(CO2)C1C1(C)O[C@@H]1CC=C(C)C. The monoisotopic (exact) mass is 740 g/mol. The number of ketones is 2. The number of hydrogen-bond acceptors (Lipinski definition) is 12. The normalized spacial score (nSPS) is 30.7. The average molecular weight is 741 g/mol. The lowest BCUT2D eigenvalue weighted by molar-refractivity contribution is -0.138. The first-order chi connectivity index (χ1) is 25.4. The van der Waals surface area contributed by atoms with E-state index in [0.717, 1.165) is 18.4 Å². The second-order valence-electron chi connectivity index (χ2n) is 15.1. The van der Waals surface area contributed by atoms with Crippen molar-refractivity contribution in [2.75, 3.05) is 33.4 Å². The van der Waals surface area contributed by atoms with E-state index >= 15 is 0 Å². The van der Waals surface area contributed by atoms with Crippen LogP contribution in [0.3, 0.4) is 0 Å². The fourth-order valence-corrected chi connectivity index (χ4v) is 7.92. The topological polar surface area (TPSA) is 215 Å². The number of rotatable bonds is 18. The molecule has 2 heterocycles. The molecule has 292 valence electrons. The fraction of sp³-hybridized carbons (Fsp3) is 0.658. The Hall–Kier alpha value is -3.73. The number of amides is 3. The number of nitrogens with one attached hydrogen (secondary N) is 5. The molecule has 0 aromatic heterocycles. The molecule has 15 nitrogen and oxygen atoms in total. The minimum atomic E-state index is -0.967. The van der Waals surface area contributed by atoms with Crippen molar-refractivity contribution in [1.29, 1.82) is 0 Å². The highest BCUT2D eigenvalue weighted by Crippen LogP contribution is 2.59. The number of alkyl carbamates (subject to hydrolysis) is 1. The number of ether oxygens (including phenoxy) is 4. The van der Waals surface area contributed by atoms with Gasteiger partial charge in [0.15, 0.2) is 0 Å². The van der Waals surface area contributed by atoms with E-state index in [0.29, 0.717) is 38.7 Å². The molecule has 0 bridgehead atoms. The summed E-state index contributed by atoms with van der Waals surface area (Å²) >= 11 is 0. The van der Waals surface area contributed by atoms with E-state index in [1.807, 2.05) is 30.3 Å². The minimum absolute atomic E-state index is 0.0562. The first-order valence-corrected chi connectivity index (χ1v) is 18.7. The molecule has 2 aliphatic heterocycles. The van der Waals surface area contributed by atoms with Gasteiger partial charge in [0.2, 0.25) is 23.4 Å². The molecule has 1 aromatic rings. The van der Waals surface area contributed by atoms with Crippen molar-refractivity contribution in [1.82, 2.24) is 26.8 Å². The highest BCUT2D eigenvalue weighted by Gasteiger charge is 2.72. The quantitative estimate of drug-likeness (QED) is 0.0541. The van der Waals surface area contributed by atoms with Crippen molar-refractivity contribution in [2.24, 2.45) is 11.7 Å². The Labute approximate surface area is 311 Å². The molecule has 1 aromatic carbocycles. The highest BCUT2D eigenvalue weighted by atomic mass is 16.6. The Kier molecular flexibility index (Phi) is 13.8. The maximum atomic E-state index is 13.1. The van der Waals surface area contributed by atoms with Crippen molar-refractivity contribution in [3.63, 3.8) is 0 Å². The number of nitrogens with two attached hydrogens (primary N) is 1. The fourth-order valence-electron chi connectivity index (χ4n) is 7.92. The number of epoxide rings is 2. The number of carbonyl (C=O) groups excluding carboxylic acids is 5. The Morgan fingerprint density at radius 3 is 2.28 bits per heavy atom. The molecule has 2 saturated carbocycles. The van der Waals surface area contributed by atoms with E-state index in [9.17, 15) is 24.0 Å². The molecule has 2 aliphatic carbocycles. The number of methoxy groups -OCH3 is 1. The second kappa shape index (κ2) is 18.1. The number of allylic oxidation sites excluding steroid dienone is 1. The smallest absolute Gasteiger partial charge is 0.407 e. The zero-order chi connectivity index (χ0) is 38.2. The van der Waals surface area contributed by atoms with Gasteiger partial charge in [0.25, 0.3) is 0 Å². The minimum Gasteiger partial charge on any atom is -0.443 e. The summed E-state index contributed by atoms with van der Waals surface area (Å²) in [6.07, 6.45) is 6.07. The summed E-state index contributed by atoms with van der Waals surface area (Å²) in [5.41, 5.74) is 12.2. The Morgan fingerprint density at radius 2 is 1.66 bits per heavy atom. The largest absolute Gasteiger partial charge is 0.443 e. The Morgan fingerprint density at radius 1 is 0.981 bits per heavy atom. The Bertz CT molecular complexity index is 1490. The van der Waals surface area contributed by atoms with E-state index in [4.69, 9.17) is 24.7 Å². The molecule has 0 radical (unpaired) electrons. The summed E-state index contributed by atoms with van der Waals surface area (Å²) in [6, 6.07) is 7.99. The molecule has 3 amide bonds. The molecule has 2 saturated heterocycles. The summed E-state index contributed by atoms with van der Waals surface area (Å²) in [5.74, 6) is -2.41. The molecule has 7 N–H and O–H groups in total. The van der Waals surface area contributed by atoms with E-state index in [2.05, 4.69) is 53.6 Å². The van der Waals surface area contributed by atoms with E-state index < -0.39 is 47.9 Å². The van der Waals surface area contributed by atoms with Gasteiger partial charge in [-0.1, -0.05) is 42.0 Å². The van der Waals surface area contributed by atoms with Crippen LogP contribution in [0.4, 0.5) is 4.79 Å². The lowest BCUT2D eigenvalue weighted by Crippen LogP contribution is -2.56. The van der Waals surface area contributed by atoms with Crippen LogP contribution in [0.1, 0.15) is 71.3 Å². The third-order valence-electron chi connectivity index (χ3n) is 10.9. The van der Waals surface area contributed by atoms with Gasteiger partial charge in [0.1, 0.15) is 23.4 Å². The van der Waals surface area contributed by atoms with Crippen LogP contribution in [0.2, 0.25) is 0 Å². The van der Waals surface area contributed by atoms with Crippen molar-refractivity contribution < 1.29 is 42.9 Å². The zero-order valence-corrected chi connectivity index (χ0v) is 31.2. The van der Waals surface area contributed by atoms with Crippen molar-refractivity contribution in [2.45, 2.75) is 120 Å². The van der Waals surface area contributed by atoms with E-state index in [1.165, 1.54) is 5.57 Å². The van der Waals surface area contributed by atoms with Gasteiger partial charge in [0, 0.05) is 19.2 Å². The summed E-state index contributed by atoms with van der Waals surface area (Å²) in [4.78, 5) is 62.8. The van der Waals surface area contributed by atoms with Crippen LogP contribution in [0, 0.1) is 5.92 Å². The lowest BCUT2D eigenvalue weighted by Gasteiger charge is -2.42. The first kappa shape index (κ1) is 40.5. The standard InChI is InChI=1S/C38H56N6O9/c1-23(2)10-15-30-37(3,53-30)35-34(50-4)29(16-17-38(35)22-51-38)52-36(49)43-26-13-11-25(12-14-26)42-32(47)21-41-44-27(18-24-8-6-5-7-9-24)33(48)28(45)20-40-31(46)19-39/h5-10,25-27,29-30,34-35,41,44H,11-22,39H2,1-4H3,(H,40,46)(H,42,47)(H,43,49)/t25?,26?,27-,29?,30+,34?,35?,37?,38-/m0/s1. The second-order valence-corrected chi connectivity index (χ2v) is 15.1. The third-order valence-corrected chi connectivity index (χ3v) is 10.9. The third kappa shape index (κ3) is 10.7. The van der Waals surface area contributed by atoms with Gasteiger partial charge in [-0.05, 0) is 77.7 Å². The van der Waals surface area contributed by atoms with Gasteiger partial charge >= 0.3 is 6.09 Å². The van der Waals surface area contributed by atoms with Gasteiger partial charge in [-0.25, -0.2) is 15.6 Å². The molecule has 7 atom stereocenters. The maximum Gasteiger partial charge on any atom is 0.407 e. The molecule has 4 aliphatic rings. The zero-order valence-electron chi connectivity index (χ0n) is 31.2. The lowest BCUT2D eigenvalue weighted by atomic mass is 9.68. The van der Waals surface area contributed by atoms with Crippen LogP contribution in [-0.4, -0.2) is 110 Å². The van der Waals surface area contributed by atoms with Gasteiger partial charge in [-0.2, -0.15) is 0 Å². The summed E-state index contributed by atoms with van der Waals surface area (Å²) in [7, 11) is 1.66. The van der Waals surface area contributed by atoms with Gasteiger partial charge in [-0.15, -0.1) is 0 Å². The molecular formula is C38H56N6O9. The molecular weight excluding hydrogens is 684 g/mol. The van der Waals surface area contributed by atoms with Gasteiger partial charge < -0.3 is 40.6 Å². The summed E-state index contributed by atoms with van der Waals surface area (Å²) in [6.45, 7) is 6.02. The summed E-state index contributed by atoms with van der Waals surface area (Å²) < 4.78 is 24.3. The number of Topliss-reactive ketones (excluding diaryl/α,β-unsaturated/α-hetero) is 2. The van der Waals surface area contributed by atoms with Crippen LogP contribution in [0.15, 0.2) is 42.0 Å². The number of hydrazine groups is 1. The van der Waals surface area contributed by atoms with Crippen molar-refractivity contribution in [3.8, 4) is 0 Å². The van der Waals surface area contributed by atoms with Gasteiger partial charge in [0.05, 0.1) is 44.3 Å². The predicted octanol–water partition coefficient (Wildman–Crippen LogP) is 1.14. The van der Waals surface area contributed by atoms with Gasteiger partial charge in [-0.3, -0.25) is 19.2 Å². The number of benzene rings is 1. The van der Waals surface area contributed by atoms with Crippen molar-refractivity contribution >= 4 is 29.5 Å².